The fourth-order valence-electron chi connectivity index (χ4n) is 1.08. The molecule has 1 aliphatic carbocycles. The molecule has 0 radical (unpaired) electrons. The average Bonchev–Trinajstić information content (AvgIpc) is 2.83. The van der Waals surface area contributed by atoms with E-state index in [1.54, 1.807) is 11.3 Å². The Morgan fingerprint density at radius 2 is 2.50 bits per heavy atom. The summed E-state index contributed by atoms with van der Waals surface area (Å²) in [7, 11) is 0. The van der Waals surface area contributed by atoms with Gasteiger partial charge in [0.1, 0.15) is 0 Å². The second-order valence-electron chi connectivity index (χ2n) is 3.17. The highest BCUT2D eigenvalue weighted by molar-refractivity contribution is 7.09. The molecule has 1 aromatic rings. The summed E-state index contributed by atoms with van der Waals surface area (Å²) in [4.78, 5) is 4.38. The fourth-order valence-corrected chi connectivity index (χ4v) is 2.14. The highest BCUT2D eigenvalue weighted by Gasteiger charge is 2.27. The van der Waals surface area contributed by atoms with Crippen LogP contribution in [-0.2, 0) is 0 Å². The molecule has 0 bridgehead atoms. The van der Waals surface area contributed by atoms with Crippen molar-refractivity contribution < 1.29 is 5.11 Å². The molecule has 66 valence electrons. The molecule has 4 heteroatoms. The highest BCUT2D eigenvalue weighted by Crippen LogP contribution is 2.41. The van der Waals surface area contributed by atoms with Crippen LogP contribution >= 0.6 is 11.3 Å². The molecule has 0 amide bonds. The van der Waals surface area contributed by atoms with Crippen LogP contribution in [-0.4, -0.2) is 16.7 Å². The molecule has 1 atom stereocenters. The second kappa shape index (κ2) is 3.12. The quantitative estimate of drug-likeness (QED) is 0.737. The van der Waals surface area contributed by atoms with E-state index in [1.807, 2.05) is 5.38 Å². The number of nitrogens with two attached hydrogens (primary N) is 1. The molecule has 3 nitrogen and oxygen atoms in total. The molecule has 3 N–H and O–H groups in total. The van der Waals surface area contributed by atoms with Crippen molar-refractivity contribution in [1.29, 1.82) is 0 Å². The van der Waals surface area contributed by atoms with E-state index in [9.17, 15) is 0 Å². The Labute approximate surface area is 75.2 Å². The lowest BCUT2D eigenvalue weighted by Gasteiger charge is -2.01. The number of hydrogen-bond acceptors (Lipinski definition) is 4. The van der Waals surface area contributed by atoms with Gasteiger partial charge in [0.25, 0.3) is 0 Å². The van der Waals surface area contributed by atoms with Gasteiger partial charge in [-0.15, -0.1) is 11.3 Å². The van der Waals surface area contributed by atoms with Crippen LogP contribution in [0.25, 0.3) is 0 Å². The summed E-state index contributed by atoms with van der Waals surface area (Å²) in [5, 5.41) is 11.9. The van der Waals surface area contributed by atoms with Crippen LogP contribution in [0.15, 0.2) is 5.38 Å². The molecule has 0 aliphatic heterocycles. The Bertz CT molecular complexity index is 270. The van der Waals surface area contributed by atoms with Gasteiger partial charge in [0.05, 0.1) is 23.4 Å². The lowest BCUT2D eigenvalue weighted by atomic mass is 10.3. The maximum absolute atomic E-state index is 8.79. The largest absolute Gasteiger partial charge is 0.394 e. The van der Waals surface area contributed by atoms with Gasteiger partial charge in [-0.2, -0.15) is 0 Å². The predicted octanol–water partition coefficient (Wildman–Crippen LogP) is 1.01. The summed E-state index contributed by atoms with van der Waals surface area (Å²) in [6.07, 6.45) is 2.53. The van der Waals surface area contributed by atoms with Crippen molar-refractivity contribution in [2.24, 2.45) is 5.73 Å². The summed E-state index contributed by atoms with van der Waals surface area (Å²) in [6.45, 7) is -0.0200. The van der Waals surface area contributed by atoms with Gasteiger partial charge < -0.3 is 10.8 Å². The van der Waals surface area contributed by atoms with Gasteiger partial charge in [-0.05, 0) is 12.8 Å². The zero-order valence-electron chi connectivity index (χ0n) is 6.73. The van der Waals surface area contributed by atoms with E-state index in [0.717, 1.165) is 5.69 Å². The minimum atomic E-state index is -0.297. The van der Waals surface area contributed by atoms with Gasteiger partial charge in [0.15, 0.2) is 0 Å². The summed E-state index contributed by atoms with van der Waals surface area (Å²) < 4.78 is 0. The predicted molar refractivity (Wildman–Crippen MR) is 48.1 cm³/mol. The Kier molecular flexibility index (Phi) is 2.12. The third-order valence-corrected chi connectivity index (χ3v) is 3.07. The molecule has 1 heterocycles. The van der Waals surface area contributed by atoms with Gasteiger partial charge in [-0.25, -0.2) is 4.98 Å². The first-order chi connectivity index (χ1) is 5.81. The molecule has 1 aliphatic rings. The molecule has 0 unspecified atom stereocenters. The Morgan fingerprint density at radius 3 is 3.08 bits per heavy atom. The van der Waals surface area contributed by atoms with Crippen molar-refractivity contribution in [1.82, 2.24) is 4.98 Å². The van der Waals surface area contributed by atoms with Crippen molar-refractivity contribution in [3.8, 4) is 0 Å². The number of hydrogen-bond donors (Lipinski definition) is 2. The molecule has 1 saturated carbocycles. The van der Waals surface area contributed by atoms with E-state index >= 15 is 0 Å². The molecule has 0 aromatic carbocycles. The van der Waals surface area contributed by atoms with Gasteiger partial charge in [-0.3, -0.25) is 0 Å². The first-order valence-electron chi connectivity index (χ1n) is 4.13. The fraction of sp³-hybridized carbons (Fsp3) is 0.625. The zero-order valence-corrected chi connectivity index (χ0v) is 7.55. The molecule has 1 aromatic heterocycles. The van der Waals surface area contributed by atoms with Gasteiger partial charge in [0, 0.05) is 11.3 Å². The number of thiazole rings is 1. The summed E-state index contributed by atoms with van der Waals surface area (Å²) in [6, 6.07) is -0.297. The topological polar surface area (TPSA) is 59.1 Å². The lowest BCUT2D eigenvalue weighted by molar-refractivity contribution is 0.266. The minimum Gasteiger partial charge on any atom is -0.394 e. The van der Waals surface area contributed by atoms with Crippen LogP contribution in [0.1, 0.15) is 35.5 Å². The number of rotatable bonds is 3. The number of aromatic nitrogens is 1. The van der Waals surface area contributed by atoms with E-state index in [4.69, 9.17) is 10.8 Å². The van der Waals surface area contributed by atoms with Crippen molar-refractivity contribution >= 4 is 11.3 Å². The SMILES string of the molecule is N[C@@H](CO)c1csc(C2CC2)n1. The second-order valence-corrected chi connectivity index (χ2v) is 4.06. The monoisotopic (exact) mass is 184 g/mol. The van der Waals surface area contributed by atoms with Crippen molar-refractivity contribution in [3.05, 3.63) is 16.1 Å². The molecule has 1 fully saturated rings. The third-order valence-electron chi connectivity index (χ3n) is 2.04. The highest BCUT2D eigenvalue weighted by atomic mass is 32.1. The minimum absolute atomic E-state index is 0.0200. The van der Waals surface area contributed by atoms with Crippen molar-refractivity contribution in [3.63, 3.8) is 0 Å². The number of nitrogens with zero attached hydrogens (tertiary/aromatic N) is 1. The Balaban J connectivity index is 2.12. The van der Waals surface area contributed by atoms with Crippen LogP contribution < -0.4 is 5.73 Å². The summed E-state index contributed by atoms with van der Waals surface area (Å²) in [5.74, 6) is 0.689. The van der Waals surface area contributed by atoms with Crippen LogP contribution in [0.5, 0.6) is 0 Å². The summed E-state index contributed by atoms with van der Waals surface area (Å²) in [5.41, 5.74) is 6.46. The first-order valence-corrected chi connectivity index (χ1v) is 5.01. The van der Waals surface area contributed by atoms with E-state index in [1.165, 1.54) is 17.8 Å². The normalized spacial score (nSPS) is 19.5. The third kappa shape index (κ3) is 1.50. The molecule has 2 rings (SSSR count). The average molecular weight is 184 g/mol. The molecule has 0 saturated heterocycles. The van der Waals surface area contributed by atoms with E-state index < -0.39 is 0 Å². The smallest absolute Gasteiger partial charge is 0.0959 e. The van der Waals surface area contributed by atoms with Gasteiger partial charge in [-0.1, -0.05) is 0 Å². The van der Waals surface area contributed by atoms with Gasteiger partial charge in [0.2, 0.25) is 0 Å². The van der Waals surface area contributed by atoms with Crippen molar-refractivity contribution in [2.75, 3.05) is 6.61 Å². The number of aliphatic hydroxyl groups is 1. The van der Waals surface area contributed by atoms with E-state index in [-0.39, 0.29) is 12.6 Å². The Morgan fingerprint density at radius 1 is 1.75 bits per heavy atom. The van der Waals surface area contributed by atoms with Crippen molar-refractivity contribution in [2.45, 2.75) is 24.8 Å². The van der Waals surface area contributed by atoms with Crippen LogP contribution in [0.4, 0.5) is 0 Å². The maximum Gasteiger partial charge on any atom is 0.0959 e. The van der Waals surface area contributed by atoms with Crippen LogP contribution in [0.3, 0.4) is 0 Å². The lowest BCUT2D eigenvalue weighted by Crippen LogP contribution is -2.14. The standard InChI is InChI=1S/C8H12N2OS/c9-6(3-11)7-4-12-8(10-7)5-1-2-5/h4-6,11H,1-3,9H2/t6-/m0/s1. The van der Waals surface area contributed by atoms with Gasteiger partial charge >= 0.3 is 0 Å². The molecule has 0 spiro atoms. The first kappa shape index (κ1) is 8.16. The molecular weight excluding hydrogens is 172 g/mol. The summed E-state index contributed by atoms with van der Waals surface area (Å²) >= 11 is 1.66. The van der Waals surface area contributed by atoms with E-state index in [0.29, 0.717) is 5.92 Å². The van der Waals surface area contributed by atoms with Crippen LogP contribution in [0.2, 0.25) is 0 Å². The molecular formula is C8H12N2OS. The molecule has 12 heavy (non-hydrogen) atoms. The maximum atomic E-state index is 8.79. The zero-order chi connectivity index (χ0) is 8.55. The number of aliphatic hydroxyl groups excluding tert-OH is 1. The van der Waals surface area contributed by atoms with Crippen LogP contribution in [0, 0.1) is 0 Å². The van der Waals surface area contributed by atoms with E-state index in [2.05, 4.69) is 4.98 Å². The Hall–Kier alpha value is -0.450.